The van der Waals surface area contributed by atoms with E-state index in [2.05, 4.69) is 18.7 Å². The van der Waals surface area contributed by atoms with Crippen molar-refractivity contribution in [3.8, 4) is 0 Å². The molecule has 1 aliphatic rings. The van der Waals surface area contributed by atoms with E-state index >= 15 is 0 Å². The van der Waals surface area contributed by atoms with Crippen LogP contribution in [-0.4, -0.2) is 23.3 Å². The SMILES string of the molecule is CC(C)CN(Cc1ccc(C(=N)N)cc1F)C1CC1. The molecule has 0 aliphatic heterocycles. The van der Waals surface area contributed by atoms with E-state index in [1.807, 2.05) is 0 Å². The number of nitrogens with one attached hydrogen (secondary N) is 1. The Bertz CT molecular complexity index is 466. The van der Waals surface area contributed by atoms with Crippen molar-refractivity contribution in [2.45, 2.75) is 39.3 Å². The quantitative estimate of drug-likeness (QED) is 0.612. The molecule has 0 spiro atoms. The van der Waals surface area contributed by atoms with Gasteiger partial charge in [-0.1, -0.05) is 26.0 Å². The molecule has 0 bridgehead atoms. The normalized spacial score (nSPS) is 15.2. The van der Waals surface area contributed by atoms with Gasteiger partial charge in [0.1, 0.15) is 11.7 Å². The van der Waals surface area contributed by atoms with Crippen molar-refractivity contribution in [2.75, 3.05) is 6.54 Å². The Morgan fingerprint density at radius 1 is 1.47 bits per heavy atom. The molecular formula is C15H22FN3. The van der Waals surface area contributed by atoms with E-state index in [1.165, 1.54) is 18.9 Å². The summed E-state index contributed by atoms with van der Waals surface area (Å²) >= 11 is 0. The van der Waals surface area contributed by atoms with E-state index in [4.69, 9.17) is 11.1 Å². The third-order valence-electron chi connectivity index (χ3n) is 3.40. The van der Waals surface area contributed by atoms with Gasteiger partial charge < -0.3 is 5.73 Å². The standard InChI is InChI=1S/C15H22FN3/c1-10(2)8-19(13-5-6-13)9-12-4-3-11(15(17)18)7-14(12)16/h3-4,7,10,13H,5-6,8-9H2,1-2H3,(H3,17,18). The summed E-state index contributed by atoms with van der Waals surface area (Å²) in [6, 6.07) is 5.45. The number of benzene rings is 1. The Morgan fingerprint density at radius 3 is 2.63 bits per heavy atom. The molecule has 0 heterocycles. The molecule has 4 heteroatoms. The summed E-state index contributed by atoms with van der Waals surface area (Å²) in [4.78, 5) is 2.36. The zero-order valence-electron chi connectivity index (χ0n) is 11.6. The first-order valence-electron chi connectivity index (χ1n) is 6.84. The van der Waals surface area contributed by atoms with E-state index in [-0.39, 0.29) is 11.7 Å². The number of amidine groups is 1. The lowest BCUT2D eigenvalue weighted by atomic mass is 10.1. The molecule has 0 saturated heterocycles. The average molecular weight is 263 g/mol. The summed E-state index contributed by atoms with van der Waals surface area (Å²) in [6.07, 6.45) is 2.44. The lowest BCUT2D eigenvalue weighted by Gasteiger charge is -2.24. The zero-order valence-corrected chi connectivity index (χ0v) is 11.6. The molecule has 0 radical (unpaired) electrons. The van der Waals surface area contributed by atoms with Crippen LogP contribution in [0.25, 0.3) is 0 Å². The van der Waals surface area contributed by atoms with Gasteiger partial charge >= 0.3 is 0 Å². The van der Waals surface area contributed by atoms with E-state index in [1.54, 1.807) is 12.1 Å². The van der Waals surface area contributed by atoms with Crippen molar-refractivity contribution in [1.82, 2.24) is 4.90 Å². The summed E-state index contributed by atoms with van der Waals surface area (Å²) in [5.41, 5.74) is 6.50. The Hall–Kier alpha value is -1.42. The molecule has 0 aromatic heterocycles. The predicted octanol–water partition coefficient (Wildman–Crippen LogP) is 2.73. The summed E-state index contributed by atoms with van der Waals surface area (Å²) in [5.74, 6) is 0.230. The predicted molar refractivity (Wildman–Crippen MR) is 75.7 cm³/mol. The third-order valence-corrected chi connectivity index (χ3v) is 3.40. The molecule has 0 unspecified atom stereocenters. The summed E-state index contributed by atoms with van der Waals surface area (Å²) < 4.78 is 14.0. The number of nitrogens with zero attached hydrogens (tertiary/aromatic N) is 1. The van der Waals surface area contributed by atoms with E-state index in [9.17, 15) is 4.39 Å². The van der Waals surface area contributed by atoms with Crippen molar-refractivity contribution < 1.29 is 4.39 Å². The molecule has 2 rings (SSSR count). The Kier molecular flexibility index (Phi) is 4.20. The highest BCUT2D eigenvalue weighted by Gasteiger charge is 2.29. The number of nitrogens with two attached hydrogens (primary N) is 1. The van der Waals surface area contributed by atoms with Crippen molar-refractivity contribution in [3.63, 3.8) is 0 Å². The third kappa shape index (κ3) is 3.77. The minimum Gasteiger partial charge on any atom is -0.384 e. The molecule has 104 valence electrons. The maximum atomic E-state index is 14.0. The van der Waals surface area contributed by atoms with Crippen molar-refractivity contribution in [2.24, 2.45) is 11.7 Å². The molecule has 19 heavy (non-hydrogen) atoms. The van der Waals surface area contributed by atoms with E-state index < -0.39 is 0 Å². The van der Waals surface area contributed by atoms with Gasteiger partial charge in [-0.2, -0.15) is 0 Å². The summed E-state index contributed by atoms with van der Waals surface area (Å²) in [5, 5.41) is 7.32. The second kappa shape index (κ2) is 5.70. The number of hydrogen-bond acceptors (Lipinski definition) is 2. The second-order valence-electron chi connectivity index (χ2n) is 5.77. The van der Waals surface area contributed by atoms with Gasteiger partial charge in [0.15, 0.2) is 0 Å². The van der Waals surface area contributed by atoms with E-state index in [0.717, 1.165) is 6.54 Å². The highest BCUT2D eigenvalue weighted by Crippen LogP contribution is 2.29. The first-order chi connectivity index (χ1) is 8.97. The van der Waals surface area contributed by atoms with Gasteiger partial charge in [0.2, 0.25) is 0 Å². The molecule has 1 aromatic carbocycles. The number of nitrogen functional groups attached to an aromatic ring is 1. The fourth-order valence-corrected chi connectivity index (χ4v) is 2.31. The number of halogens is 1. The molecule has 0 amide bonds. The first-order valence-corrected chi connectivity index (χ1v) is 6.84. The van der Waals surface area contributed by atoms with Crippen molar-refractivity contribution >= 4 is 5.84 Å². The Morgan fingerprint density at radius 2 is 2.16 bits per heavy atom. The van der Waals surface area contributed by atoms with Gasteiger partial charge in [0.05, 0.1) is 0 Å². The van der Waals surface area contributed by atoms with Gasteiger partial charge in [-0.15, -0.1) is 0 Å². The van der Waals surface area contributed by atoms with Crippen LogP contribution < -0.4 is 5.73 Å². The van der Waals surface area contributed by atoms with Gasteiger partial charge in [0, 0.05) is 30.3 Å². The largest absolute Gasteiger partial charge is 0.384 e. The molecule has 3 N–H and O–H groups in total. The average Bonchev–Trinajstić information content (AvgIpc) is 3.13. The van der Waals surface area contributed by atoms with Crippen LogP contribution in [0, 0.1) is 17.1 Å². The summed E-state index contributed by atoms with van der Waals surface area (Å²) in [7, 11) is 0. The minimum atomic E-state index is -0.262. The minimum absolute atomic E-state index is 0.0910. The molecular weight excluding hydrogens is 241 g/mol. The molecule has 1 aliphatic carbocycles. The van der Waals surface area contributed by atoms with Crippen LogP contribution in [0.3, 0.4) is 0 Å². The molecule has 1 fully saturated rings. The highest BCUT2D eigenvalue weighted by atomic mass is 19.1. The second-order valence-corrected chi connectivity index (χ2v) is 5.77. The Balaban J connectivity index is 2.10. The van der Waals surface area contributed by atoms with Crippen LogP contribution in [0.2, 0.25) is 0 Å². The maximum Gasteiger partial charge on any atom is 0.128 e. The fraction of sp³-hybridized carbons (Fsp3) is 0.533. The molecule has 0 atom stereocenters. The van der Waals surface area contributed by atoms with Gasteiger partial charge in [-0.25, -0.2) is 4.39 Å². The van der Waals surface area contributed by atoms with Crippen LogP contribution in [0.5, 0.6) is 0 Å². The van der Waals surface area contributed by atoms with Gasteiger partial charge in [-0.3, -0.25) is 10.3 Å². The Labute approximate surface area is 114 Å². The van der Waals surface area contributed by atoms with Gasteiger partial charge in [-0.05, 0) is 24.8 Å². The van der Waals surface area contributed by atoms with Crippen LogP contribution >= 0.6 is 0 Å². The number of rotatable bonds is 6. The molecule has 3 nitrogen and oxygen atoms in total. The van der Waals surface area contributed by atoms with Crippen molar-refractivity contribution in [3.05, 3.63) is 35.1 Å². The lowest BCUT2D eigenvalue weighted by molar-refractivity contribution is 0.223. The van der Waals surface area contributed by atoms with Crippen LogP contribution in [0.15, 0.2) is 18.2 Å². The smallest absolute Gasteiger partial charge is 0.128 e. The van der Waals surface area contributed by atoms with E-state index in [0.29, 0.717) is 29.6 Å². The topological polar surface area (TPSA) is 53.1 Å². The maximum absolute atomic E-state index is 14.0. The molecule has 1 saturated carbocycles. The fourth-order valence-electron chi connectivity index (χ4n) is 2.31. The summed E-state index contributed by atoms with van der Waals surface area (Å²) in [6.45, 7) is 6.01. The molecule has 1 aromatic rings. The first kappa shape index (κ1) is 14.0. The van der Waals surface area contributed by atoms with Crippen LogP contribution in [0.1, 0.15) is 37.8 Å². The highest BCUT2D eigenvalue weighted by molar-refractivity contribution is 5.94. The van der Waals surface area contributed by atoms with Crippen LogP contribution in [-0.2, 0) is 6.54 Å². The number of hydrogen-bond donors (Lipinski definition) is 2. The van der Waals surface area contributed by atoms with Gasteiger partial charge in [0.25, 0.3) is 0 Å². The zero-order chi connectivity index (χ0) is 14.0. The lowest BCUT2D eigenvalue weighted by Crippen LogP contribution is -2.30. The monoisotopic (exact) mass is 263 g/mol. The van der Waals surface area contributed by atoms with Crippen LogP contribution in [0.4, 0.5) is 4.39 Å². The van der Waals surface area contributed by atoms with Crippen molar-refractivity contribution in [1.29, 1.82) is 5.41 Å².